The summed E-state index contributed by atoms with van der Waals surface area (Å²) in [6.45, 7) is 4.80. The van der Waals surface area contributed by atoms with E-state index >= 15 is 0 Å². The summed E-state index contributed by atoms with van der Waals surface area (Å²) in [5.41, 5.74) is 7.96. The molecule has 4 nitrogen and oxygen atoms in total. The molecule has 0 amide bonds. The van der Waals surface area contributed by atoms with Crippen molar-refractivity contribution in [3.8, 4) is 0 Å². The van der Waals surface area contributed by atoms with Gasteiger partial charge in [-0.1, -0.05) is 0 Å². The van der Waals surface area contributed by atoms with Gasteiger partial charge in [0.2, 0.25) is 0 Å². The summed E-state index contributed by atoms with van der Waals surface area (Å²) in [5.74, 6) is 1.09. The predicted octanol–water partition coefficient (Wildman–Crippen LogP) is 1.38. The number of nitrogens with two attached hydrogens (primary N) is 1. The van der Waals surface area contributed by atoms with Crippen LogP contribution < -0.4 is 10.6 Å². The Hall–Kier alpha value is -1.13. The monoisotopic (exact) mass is 248 g/mol. The molecule has 1 aromatic heterocycles. The molecule has 2 N–H and O–H groups in total. The van der Waals surface area contributed by atoms with Gasteiger partial charge in [-0.25, -0.2) is 4.98 Å². The van der Waals surface area contributed by atoms with Crippen molar-refractivity contribution in [1.82, 2.24) is 9.88 Å². The van der Waals surface area contributed by atoms with Crippen LogP contribution in [0, 0.1) is 6.92 Å². The molecule has 1 aliphatic heterocycles. The molecule has 0 saturated carbocycles. The highest BCUT2D eigenvalue weighted by atomic mass is 15.2. The summed E-state index contributed by atoms with van der Waals surface area (Å²) >= 11 is 0. The number of hydrogen-bond acceptors (Lipinski definition) is 4. The molecule has 0 spiro atoms. The average Bonchev–Trinajstić information content (AvgIpc) is 2.38. The minimum atomic E-state index is 0.588. The molecule has 1 saturated heterocycles. The van der Waals surface area contributed by atoms with Crippen LogP contribution in [0.3, 0.4) is 0 Å². The summed E-state index contributed by atoms with van der Waals surface area (Å²) in [6.07, 6.45) is 2.42. The van der Waals surface area contributed by atoms with Gasteiger partial charge in [-0.3, -0.25) is 0 Å². The molecule has 0 bridgehead atoms. The Kier molecular flexibility index (Phi) is 4.19. The van der Waals surface area contributed by atoms with Gasteiger partial charge in [0.1, 0.15) is 5.82 Å². The van der Waals surface area contributed by atoms with E-state index in [1.54, 1.807) is 0 Å². The van der Waals surface area contributed by atoms with Crippen LogP contribution in [0.2, 0.25) is 0 Å². The van der Waals surface area contributed by atoms with Crippen molar-refractivity contribution in [3.05, 3.63) is 23.4 Å². The third-order valence-electron chi connectivity index (χ3n) is 3.75. The molecule has 0 aliphatic carbocycles. The lowest BCUT2D eigenvalue weighted by Gasteiger charge is -2.36. The summed E-state index contributed by atoms with van der Waals surface area (Å²) in [7, 11) is 4.33. The van der Waals surface area contributed by atoms with E-state index in [-0.39, 0.29) is 0 Å². The van der Waals surface area contributed by atoms with Gasteiger partial charge in [-0.15, -0.1) is 0 Å². The zero-order chi connectivity index (χ0) is 13.1. The molecule has 1 fully saturated rings. The maximum Gasteiger partial charge on any atom is 0.129 e. The highest BCUT2D eigenvalue weighted by Crippen LogP contribution is 2.21. The summed E-state index contributed by atoms with van der Waals surface area (Å²) in [6, 6.07) is 4.90. The highest BCUT2D eigenvalue weighted by Gasteiger charge is 2.21. The van der Waals surface area contributed by atoms with Crippen molar-refractivity contribution >= 4 is 5.82 Å². The van der Waals surface area contributed by atoms with Crippen molar-refractivity contribution < 1.29 is 0 Å². The summed E-state index contributed by atoms with van der Waals surface area (Å²) in [5, 5.41) is 0. The SMILES string of the molecule is Cc1cc(CN)cc(N2CCC(N(C)C)CC2)n1. The topological polar surface area (TPSA) is 45.4 Å². The Labute approximate surface area is 110 Å². The highest BCUT2D eigenvalue weighted by molar-refractivity contribution is 5.43. The Balaban J connectivity index is 2.07. The third-order valence-corrected chi connectivity index (χ3v) is 3.75. The first-order chi connectivity index (χ1) is 8.60. The second-order valence-electron chi connectivity index (χ2n) is 5.36. The Bertz CT molecular complexity index is 395. The molecular formula is C14H24N4. The second kappa shape index (κ2) is 5.67. The van der Waals surface area contributed by atoms with Crippen LogP contribution in [-0.2, 0) is 6.54 Å². The van der Waals surface area contributed by atoms with Gasteiger partial charge >= 0.3 is 0 Å². The minimum absolute atomic E-state index is 0.588. The summed E-state index contributed by atoms with van der Waals surface area (Å²) < 4.78 is 0. The number of pyridine rings is 1. The zero-order valence-corrected chi connectivity index (χ0v) is 11.7. The van der Waals surface area contributed by atoms with Crippen LogP contribution >= 0.6 is 0 Å². The molecule has 0 radical (unpaired) electrons. The van der Waals surface area contributed by atoms with Crippen molar-refractivity contribution in [2.75, 3.05) is 32.1 Å². The van der Waals surface area contributed by atoms with Gasteiger partial charge in [0, 0.05) is 31.4 Å². The molecule has 2 rings (SSSR count). The van der Waals surface area contributed by atoms with Gasteiger partial charge in [0.25, 0.3) is 0 Å². The molecule has 2 heterocycles. The number of anilines is 1. The first-order valence-corrected chi connectivity index (χ1v) is 6.69. The fraction of sp³-hybridized carbons (Fsp3) is 0.643. The molecule has 4 heteroatoms. The van der Waals surface area contributed by atoms with Crippen molar-refractivity contribution in [1.29, 1.82) is 0 Å². The van der Waals surface area contributed by atoms with Crippen LogP contribution in [0.1, 0.15) is 24.1 Å². The van der Waals surface area contributed by atoms with Crippen molar-refractivity contribution in [2.45, 2.75) is 32.4 Å². The van der Waals surface area contributed by atoms with E-state index in [4.69, 9.17) is 5.73 Å². The maximum absolute atomic E-state index is 5.73. The van der Waals surface area contributed by atoms with E-state index in [9.17, 15) is 0 Å². The smallest absolute Gasteiger partial charge is 0.129 e. The fourth-order valence-corrected chi connectivity index (χ4v) is 2.61. The number of piperidine rings is 1. The van der Waals surface area contributed by atoms with Crippen LogP contribution in [0.15, 0.2) is 12.1 Å². The van der Waals surface area contributed by atoms with Crippen LogP contribution in [0.4, 0.5) is 5.82 Å². The molecule has 0 aromatic carbocycles. The number of rotatable bonds is 3. The lowest BCUT2D eigenvalue weighted by Crippen LogP contribution is -2.42. The van der Waals surface area contributed by atoms with Gasteiger partial charge in [0.05, 0.1) is 0 Å². The van der Waals surface area contributed by atoms with E-state index < -0.39 is 0 Å². The van der Waals surface area contributed by atoms with Crippen molar-refractivity contribution in [2.24, 2.45) is 5.73 Å². The van der Waals surface area contributed by atoms with Crippen LogP contribution in [-0.4, -0.2) is 43.1 Å². The third kappa shape index (κ3) is 3.00. The van der Waals surface area contributed by atoms with Crippen molar-refractivity contribution in [3.63, 3.8) is 0 Å². The lowest BCUT2D eigenvalue weighted by atomic mass is 10.0. The van der Waals surface area contributed by atoms with E-state index in [1.807, 2.05) is 6.92 Å². The number of aromatic nitrogens is 1. The lowest BCUT2D eigenvalue weighted by molar-refractivity contribution is 0.249. The first kappa shape index (κ1) is 13.3. The predicted molar refractivity (Wildman–Crippen MR) is 75.8 cm³/mol. The molecule has 1 aliphatic rings. The van der Waals surface area contributed by atoms with E-state index in [2.05, 4.69) is 41.0 Å². The maximum atomic E-state index is 5.73. The number of hydrogen-bond donors (Lipinski definition) is 1. The van der Waals surface area contributed by atoms with Gasteiger partial charge in [-0.2, -0.15) is 0 Å². The second-order valence-corrected chi connectivity index (χ2v) is 5.36. The Morgan fingerprint density at radius 2 is 2.00 bits per heavy atom. The molecule has 1 aromatic rings. The molecule has 100 valence electrons. The number of aryl methyl sites for hydroxylation is 1. The summed E-state index contributed by atoms with van der Waals surface area (Å²) in [4.78, 5) is 9.34. The largest absolute Gasteiger partial charge is 0.356 e. The minimum Gasteiger partial charge on any atom is -0.356 e. The fourth-order valence-electron chi connectivity index (χ4n) is 2.61. The van der Waals surface area contributed by atoms with Gasteiger partial charge in [0.15, 0.2) is 0 Å². The van der Waals surface area contributed by atoms with E-state index in [0.29, 0.717) is 12.6 Å². The quantitative estimate of drug-likeness (QED) is 0.878. The van der Waals surface area contributed by atoms with Crippen LogP contribution in [0.5, 0.6) is 0 Å². The van der Waals surface area contributed by atoms with Crippen LogP contribution in [0.25, 0.3) is 0 Å². The Morgan fingerprint density at radius 3 is 2.56 bits per heavy atom. The molecule has 0 unspecified atom stereocenters. The Morgan fingerprint density at radius 1 is 1.33 bits per heavy atom. The standard InChI is InChI=1S/C14H24N4/c1-11-8-12(10-15)9-14(16-11)18-6-4-13(5-7-18)17(2)3/h8-9,13H,4-7,10,15H2,1-3H3. The van der Waals surface area contributed by atoms with Gasteiger partial charge in [-0.05, 0) is 51.6 Å². The van der Waals surface area contributed by atoms with E-state index in [0.717, 1.165) is 24.6 Å². The molecule has 18 heavy (non-hydrogen) atoms. The first-order valence-electron chi connectivity index (χ1n) is 6.69. The van der Waals surface area contributed by atoms with E-state index in [1.165, 1.54) is 18.4 Å². The zero-order valence-electron chi connectivity index (χ0n) is 11.7. The molecule has 0 atom stereocenters. The normalized spacial score (nSPS) is 17.5. The molecular weight excluding hydrogens is 224 g/mol. The number of nitrogens with zero attached hydrogens (tertiary/aromatic N) is 3. The van der Waals surface area contributed by atoms with Gasteiger partial charge < -0.3 is 15.5 Å². The average molecular weight is 248 g/mol.